The Hall–Kier alpha value is -3.69. The van der Waals surface area contributed by atoms with Gasteiger partial charge in [-0.05, 0) is 53.3 Å². The topological polar surface area (TPSA) is 8.81 Å². The fraction of sp³-hybridized carbons (Fsp3) is 0.206. The second-order valence-electron chi connectivity index (χ2n) is 10.9. The van der Waals surface area contributed by atoms with E-state index < -0.39 is 0 Å². The minimum absolute atomic E-state index is 0.403. The molecule has 0 atom stereocenters. The van der Waals surface area contributed by atoms with E-state index in [0.717, 1.165) is 6.54 Å². The zero-order valence-corrected chi connectivity index (χ0v) is 22.6. The van der Waals surface area contributed by atoms with Gasteiger partial charge in [-0.3, -0.25) is 0 Å². The standard InChI is InChI=1S/C34H31N2S/c1-21(2)29-17-25(23-13-14-28-27-11-7-8-12-31(27)37-32(28)19-23)18-30(22(3)4)33(29)36-16-15-35-20-24-9-5-6-10-26(24)34(35)36/h5-19,21-22H,20H2,1-4H3/q+1. The van der Waals surface area contributed by atoms with Crippen LogP contribution in [-0.4, -0.2) is 4.57 Å². The highest BCUT2D eigenvalue weighted by molar-refractivity contribution is 7.25. The molecule has 182 valence electrons. The summed E-state index contributed by atoms with van der Waals surface area (Å²) in [5, 5.41) is 2.71. The molecule has 0 saturated heterocycles. The van der Waals surface area contributed by atoms with Crippen molar-refractivity contribution < 1.29 is 4.57 Å². The van der Waals surface area contributed by atoms with Gasteiger partial charge in [0.05, 0.1) is 5.56 Å². The Kier molecular flexibility index (Phi) is 5.12. The number of imidazole rings is 1. The van der Waals surface area contributed by atoms with E-state index in [1.165, 1.54) is 65.1 Å². The lowest BCUT2D eigenvalue weighted by Crippen LogP contribution is -2.30. The number of hydrogen-bond donors (Lipinski definition) is 0. The molecule has 3 heteroatoms. The van der Waals surface area contributed by atoms with Crippen LogP contribution < -0.4 is 4.57 Å². The van der Waals surface area contributed by atoms with Crippen LogP contribution in [0.5, 0.6) is 0 Å². The maximum atomic E-state index is 2.45. The monoisotopic (exact) mass is 499 g/mol. The fourth-order valence-corrected chi connectivity index (χ4v) is 7.14. The Morgan fingerprint density at radius 3 is 2.22 bits per heavy atom. The van der Waals surface area contributed by atoms with Crippen LogP contribution in [0.3, 0.4) is 0 Å². The molecule has 0 saturated carbocycles. The average molecular weight is 500 g/mol. The van der Waals surface area contributed by atoms with Crippen LogP contribution in [-0.2, 0) is 6.54 Å². The molecule has 0 bridgehead atoms. The number of benzene rings is 4. The van der Waals surface area contributed by atoms with Crippen LogP contribution in [0, 0.1) is 0 Å². The second kappa shape index (κ2) is 8.43. The van der Waals surface area contributed by atoms with Gasteiger partial charge in [0.25, 0.3) is 5.82 Å². The lowest BCUT2D eigenvalue weighted by Gasteiger charge is -2.20. The summed E-state index contributed by atoms with van der Waals surface area (Å²) in [6, 6.07) is 29.5. The maximum absolute atomic E-state index is 2.45. The molecule has 0 fully saturated rings. The van der Waals surface area contributed by atoms with Crippen molar-refractivity contribution in [2.45, 2.75) is 46.1 Å². The predicted octanol–water partition coefficient (Wildman–Crippen LogP) is 9.08. The molecular formula is C34H31N2S+. The van der Waals surface area contributed by atoms with E-state index in [-0.39, 0.29) is 0 Å². The molecule has 0 unspecified atom stereocenters. The number of aromatic nitrogens is 2. The van der Waals surface area contributed by atoms with Crippen LogP contribution in [0.15, 0.2) is 91.3 Å². The van der Waals surface area contributed by atoms with E-state index in [9.17, 15) is 0 Å². The van der Waals surface area contributed by atoms with Crippen LogP contribution >= 0.6 is 11.3 Å². The zero-order valence-electron chi connectivity index (χ0n) is 21.8. The summed E-state index contributed by atoms with van der Waals surface area (Å²) in [5.41, 5.74) is 9.51. The van der Waals surface area contributed by atoms with Gasteiger partial charge >= 0.3 is 0 Å². The van der Waals surface area contributed by atoms with E-state index in [1.54, 1.807) is 0 Å². The molecule has 7 rings (SSSR count). The first-order valence-electron chi connectivity index (χ1n) is 13.3. The zero-order chi connectivity index (χ0) is 25.3. The Labute approximate surface area is 222 Å². The van der Waals surface area contributed by atoms with E-state index >= 15 is 0 Å². The molecular weight excluding hydrogens is 468 g/mol. The average Bonchev–Trinajstić information content (AvgIpc) is 3.59. The Morgan fingerprint density at radius 1 is 0.730 bits per heavy atom. The summed E-state index contributed by atoms with van der Waals surface area (Å²) >= 11 is 1.89. The van der Waals surface area contributed by atoms with Gasteiger partial charge in [0.1, 0.15) is 24.6 Å². The van der Waals surface area contributed by atoms with Crippen molar-refractivity contribution >= 4 is 31.5 Å². The highest BCUT2D eigenvalue weighted by atomic mass is 32.1. The van der Waals surface area contributed by atoms with Gasteiger partial charge < -0.3 is 0 Å². The molecule has 0 radical (unpaired) electrons. The lowest BCUT2D eigenvalue weighted by molar-refractivity contribution is -0.671. The summed E-state index contributed by atoms with van der Waals surface area (Å²) in [7, 11) is 0. The summed E-state index contributed by atoms with van der Waals surface area (Å²) in [4.78, 5) is 0. The quantitative estimate of drug-likeness (QED) is 0.214. The van der Waals surface area contributed by atoms with Gasteiger partial charge in [-0.1, -0.05) is 76.2 Å². The van der Waals surface area contributed by atoms with Crippen molar-refractivity contribution in [1.29, 1.82) is 0 Å². The normalized spacial score (nSPS) is 12.7. The molecule has 4 aromatic carbocycles. The van der Waals surface area contributed by atoms with E-state index in [2.05, 4.69) is 128 Å². The number of fused-ring (bicyclic) bond motifs is 6. The largest absolute Gasteiger partial charge is 0.294 e. The van der Waals surface area contributed by atoms with Gasteiger partial charge in [0.2, 0.25) is 0 Å². The minimum atomic E-state index is 0.403. The highest BCUT2D eigenvalue weighted by Gasteiger charge is 2.32. The van der Waals surface area contributed by atoms with Gasteiger partial charge in [-0.15, -0.1) is 11.3 Å². The van der Waals surface area contributed by atoms with Crippen LogP contribution in [0.1, 0.15) is 56.2 Å². The van der Waals surface area contributed by atoms with Gasteiger partial charge in [-0.25, -0.2) is 4.57 Å². The smallest absolute Gasteiger partial charge is 0.225 e. The maximum Gasteiger partial charge on any atom is 0.294 e. The summed E-state index contributed by atoms with van der Waals surface area (Å²) in [5.74, 6) is 2.10. The molecule has 2 nitrogen and oxygen atoms in total. The molecule has 2 aromatic heterocycles. The van der Waals surface area contributed by atoms with Crippen molar-refractivity contribution in [3.05, 3.63) is 108 Å². The third kappa shape index (κ3) is 3.48. The highest BCUT2D eigenvalue weighted by Crippen LogP contribution is 2.41. The van der Waals surface area contributed by atoms with Crippen molar-refractivity contribution in [3.8, 4) is 28.2 Å². The first-order valence-corrected chi connectivity index (χ1v) is 14.1. The number of hydrogen-bond acceptors (Lipinski definition) is 1. The van der Waals surface area contributed by atoms with Crippen molar-refractivity contribution in [1.82, 2.24) is 4.57 Å². The second-order valence-corrected chi connectivity index (χ2v) is 12.0. The van der Waals surface area contributed by atoms with E-state index in [0.29, 0.717) is 11.8 Å². The van der Waals surface area contributed by atoms with Crippen LogP contribution in [0.4, 0.5) is 0 Å². The van der Waals surface area contributed by atoms with E-state index in [4.69, 9.17) is 0 Å². The van der Waals surface area contributed by atoms with E-state index in [1.807, 2.05) is 11.3 Å². The first kappa shape index (κ1) is 22.5. The Bertz CT molecular complexity index is 1790. The van der Waals surface area contributed by atoms with Crippen molar-refractivity contribution in [2.75, 3.05) is 0 Å². The third-order valence-electron chi connectivity index (χ3n) is 7.86. The molecule has 1 aliphatic heterocycles. The predicted molar refractivity (Wildman–Crippen MR) is 157 cm³/mol. The lowest BCUT2D eigenvalue weighted by atomic mass is 9.88. The molecule has 0 amide bonds. The molecule has 0 N–H and O–H groups in total. The third-order valence-corrected chi connectivity index (χ3v) is 8.99. The Balaban J connectivity index is 1.44. The molecule has 6 aromatic rings. The van der Waals surface area contributed by atoms with Crippen LogP contribution in [0.25, 0.3) is 48.4 Å². The number of nitrogens with zero attached hydrogens (tertiary/aromatic N) is 2. The molecule has 0 aliphatic carbocycles. The van der Waals surface area contributed by atoms with Gasteiger partial charge in [-0.2, -0.15) is 4.57 Å². The fourth-order valence-electron chi connectivity index (χ4n) is 5.99. The molecule has 0 spiro atoms. The molecule has 1 aliphatic rings. The Morgan fingerprint density at radius 2 is 1.43 bits per heavy atom. The van der Waals surface area contributed by atoms with Gasteiger partial charge in [0, 0.05) is 36.9 Å². The van der Waals surface area contributed by atoms with Crippen LogP contribution in [0.2, 0.25) is 0 Å². The SMILES string of the molecule is CC(C)c1cc(-c2ccc3c(c2)sc2ccccc23)cc(C(C)C)c1-n1cc[n+]2c1-c1ccccc1C2. The van der Waals surface area contributed by atoms with Crippen molar-refractivity contribution in [2.24, 2.45) is 0 Å². The molecule has 3 heterocycles. The number of rotatable bonds is 4. The summed E-state index contributed by atoms with van der Waals surface area (Å²) in [6.07, 6.45) is 4.51. The minimum Gasteiger partial charge on any atom is -0.225 e. The van der Waals surface area contributed by atoms with Crippen molar-refractivity contribution in [3.63, 3.8) is 0 Å². The molecule has 37 heavy (non-hydrogen) atoms. The van der Waals surface area contributed by atoms with Gasteiger partial charge in [0.15, 0.2) is 0 Å². The first-order chi connectivity index (χ1) is 18.0. The summed E-state index contributed by atoms with van der Waals surface area (Å²) < 4.78 is 7.56. The summed E-state index contributed by atoms with van der Waals surface area (Å²) in [6.45, 7) is 10.2. The number of thiophene rings is 1.